The van der Waals surface area contributed by atoms with Crippen molar-refractivity contribution in [3.63, 3.8) is 0 Å². The van der Waals surface area contributed by atoms with E-state index in [1.165, 1.54) is 36.2 Å². The summed E-state index contributed by atoms with van der Waals surface area (Å²) in [7, 11) is 1.42. The predicted molar refractivity (Wildman–Crippen MR) is 88.2 cm³/mol. The molecular formula is C17H24FN3O3. The number of nitrogens with two attached hydrogens (primary N) is 1. The van der Waals surface area contributed by atoms with Crippen LogP contribution in [0.2, 0.25) is 0 Å². The molecule has 132 valence electrons. The highest BCUT2D eigenvalue weighted by atomic mass is 19.1. The fourth-order valence-electron chi connectivity index (χ4n) is 2.12. The third-order valence-electron chi connectivity index (χ3n) is 3.52. The fourth-order valence-corrected chi connectivity index (χ4v) is 2.12. The van der Waals surface area contributed by atoms with Gasteiger partial charge in [0.2, 0.25) is 17.7 Å². The molecule has 3 N–H and O–H groups in total. The second-order valence-electron chi connectivity index (χ2n) is 6.62. The van der Waals surface area contributed by atoms with Crippen molar-refractivity contribution in [1.29, 1.82) is 0 Å². The first-order valence-corrected chi connectivity index (χ1v) is 7.62. The molecule has 0 radical (unpaired) electrons. The van der Waals surface area contributed by atoms with Crippen LogP contribution in [0, 0.1) is 11.2 Å². The maximum absolute atomic E-state index is 13.4. The molecule has 3 amide bonds. The number of primary amides is 1. The summed E-state index contributed by atoms with van der Waals surface area (Å²) < 4.78 is 13.4. The zero-order valence-corrected chi connectivity index (χ0v) is 14.4. The number of hydrogen-bond acceptors (Lipinski definition) is 3. The molecule has 0 spiro atoms. The number of halogens is 1. The van der Waals surface area contributed by atoms with Crippen molar-refractivity contribution in [2.75, 3.05) is 13.6 Å². The minimum atomic E-state index is -1.06. The van der Waals surface area contributed by atoms with E-state index in [1.54, 1.807) is 20.8 Å². The summed E-state index contributed by atoms with van der Waals surface area (Å²) in [6.07, 6.45) is 0.0113. The van der Waals surface area contributed by atoms with Gasteiger partial charge >= 0.3 is 0 Å². The van der Waals surface area contributed by atoms with Crippen molar-refractivity contribution in [3.8, 4) is 0 Å². The van der Waals surface area contributed by atoms with Crippen molar-refractivity contribution in [2.24, 2.45) is 11.1 Å². The number of carbonyl (C=O) groups excluding carboxylic acids is 3. The Balaban J connectivity index is 2.74. The molecule has 0 heterocycles. The molecule has 0 saturated carbocycles. The van der Waals surface area contributed by atoms with Gasteiger partial charge in [-0.2, -0.15) is 0 Å². The molecule has 1 aromatic rings. The van der Waals surface area contributed by atoms with E-state index in [2.05, 4.69) is 5.32 Å². The quantitative estimate of drug-likeness (QED) is 0.821. The Labute approximate surface area is 141 Å². The second kappa shape index (κ2) is 7.90. The van der Waals surface area contributed by atoms with E-state index in [0.29, 0.717) is 5.56 Å². The van der Waals surface area contributed by atoms with Crippen LogP contribution in [0.4, 0.5) is 4.39 Å². The average Bonchev–Trinajstić information content (AvgIpc) is 2.45. The third-order valence-corrected chi connectivity index (χ3v) is 3.52. The maximum atomic E-state index is 13.4. The first-order valence-electron chi connectivity index (χ1n) is 7.62. The van der Waals surface area contributed by atoms with Crippen LogP contribution in [0.5, 0.6) is 0 Å². The molecule has 0 aliphatic heterocycles. The van der Waals surface area contributed by atoms with Gasteiger partial charge in [0.1, 0.15) is 11.9 Å². The van der Waals surface area contributed by atoms with Gasteiger partial charge in [-0.25, -0.2) is 4.39 Å². The Morgan fingerprint density at radius 3 is 2.42 bits per heavy atom. The van der Waals surface area contributed by atoms with Crippen LogP contribution in [-0.2, 0) is 14.4 Å². The van der Waals surface area contributed by atoms with E-state index in [9.17, 15) is 18.8 Å². The highest BCUT2D eigenvalue weighted by Crippen LogP contribution is 2.20. The van der Waals surface area contributed by atoms with Crippen LogP contribution < -0.4 is 11.1 Å². The van der Waals surface area contributed by atoms with E-state index in [-0.39, 0.29) is 24.8 Å². The van der Waals surface area contributed by atoms with E-state index < -0.39 is 23.2 Å². The molecule has 0 bridgehead atoms. The average molecular weight is 337 g/mol. The Morgan fingerprint density at radius 2 is 1.92 bits per heavy atom. The number of nitrogens with zero attached hydrogens (tertiary/aromatic N) is 1. The summed E-state index contributed by atoms with van der Waals surface area (Å²) in [5, 5.41) is 2.66. The fraction of sp³-hybridized carbons (Fsp3) is 0.471. The lowest BCUT2D eigenvalue weighted by Crippen LogP contribution is -2.41. The molecule has 1 aromatic carbocycles. The highest BCUT2D eigenvalue weighted by molar-refractivity contribution is 5.88. The van der Waals surface area contributed by atoms with Gasteiger partial charge in [-0.1, -0.05) is 32.9 Å². The lowest BCUT2D eigenvalue weighted by atomic mass is 9.96. The van der Waals surface area contributed by atoms with E-state index in [1.807, 2.05) is 0 Å². The van der Waals surface area contributed by atoms with Crippen LogP contribution in [-0.4, -0.2) is 36.2 Å². The number of rotatable bonds is 6. The third kappa shape index (κ3) is 5.33. The maximum Gasteiger partial charge on any atom is 0.244 e. The molecule has 0 saturated heterocycles. The van der Waals surface area contributed by atoms with Gasteiger partial charge in [0, 0.05) is 25.4 Å². The second-order valence-corrected chi connectivity index (χ2v) is 6.62. The van der Waals surface area contributed by atoms with Crippen molar-refractivity contribution in [1.82, 2.24) is 10.2 Å². The van der Waals surface area contributed by atoms with Crippen LogP contribution in [0.15, 0.2) is 24.3 Å². The number of benzene rings is 1. The monoisotopic (exact) mass is 337 g/mol. The largest absolute Gasteiger partial charge is 0.368 e. The number of likely N-dealkylation sites (N-methyl/N-ethyl adjacent to an activating group) is 1. The lowest BCUT2D eigenvalue weighted by Gasteiger charge is -2.26. The molecule has 1 unspecified atom stereocenters. The van der Waals surface area contributed by atoms with Crippen LogP contribution >= 0.6 is 0 Å². The van der Waals surface area contributed by atoms with Crippen LogP contribution in [0.25, 0.3) is 0 Å². The lowest BCUT2D eigenvalue weighted by molar-refractivity contribution is -0.138. The number of amides is 3. The SMILES string of the molecule is CN(C(=O)CCNC(=O)C(C)(C)C)C(C(N)=O)c1cccc(F)c1. The first kappa shape index (κ1) is 19.6. The molecular weight excluding hydrogens is 313 g/mol. The minimum Gasteiger partial charge on any atom is -0.368 e. The topological polar surface area (TPSA) is 92.5 Å². The van der Waals surface area contributed by atoms with Crippen molar-refractivity contribution in [2.45, 2.75) is 33.2 Å². The smallest absolute Gasteiger partial charge is 0.244 e. The molecule has 0 aliphatic carbocycles. The van der Waals surface area contributed by atoms with Crippen LogP contribution in [0.3, 0.4) is 0 Å². The standard InChI is InChI=1S/C17H24FN3O3/c1-17(2,3)16(24)20-9-8-13(22)21(4)14(15(19)23)11-6-5-7-12(18)10-11/h5-7,10,14H,8-9H2,1-4H3,(H2,19,23)(H,20,24). The minimum absolute atomic E-state index is 0.0113. The Hall–Kier alpha value is -2.44. The van der Waals surface area contributed by atoms with Crippen molar-refractivity contribution >= 4 is 17.7 Å². The molecule has 7 heteroatoms. The summed E-state index contributed by atoms with van der Waals surface area (Å²) in [4.78, 5) is 36.9. The first-order chi connectivity index (χ1) is 11.0. The normalized spacial score (nSPS) is 12.4. The van der Waals surface area contributed by atoms with Gasteiger partial charge in [-0.3, -0.25) is 14.4 Å². The zero-order valence-electron chi connectivity index (χ0n) is 14.4. The van der Waals surface area contributed by atoms with Gasteiger partial charge in [0.15, 0.2) is 0 Å². The van der Waals surface area contributed by atoms with Gasteiger partial charge in [0.25, 0.3) is 0 Å². The summed E-state index contributed by atoms with van der Waals surface area (Å²) >= 11 is 0. The summed E-state index contributed by atoms with van der Waals surface area (Å²) in [6, 6.07) is 4.32. The Kier molecular flexibility index (Phi) is 6.45. The number of carbonyl (C=O) groups is 3. The van der Waals surface area contributed by atoms with Gasteiger partial charge < -0.3 is 16.0 Å². The van der Waals surface area contributed by atoms with Crippen molar-refractivity contribution in [3.05, 3.63) is 35.6 Å². The number of nitrogens with one attached hydrogen (secondary N) is 1. The molecule has 1 rings (SSSR count). The van der Waals surface area contributed by atoms with E-state index >= 15 is 0 Å². The Morgan fingerprint density at radius 1 is 1.29 bits per heavy atom. The van der Waals surface area contributed by atoms with Crippen LogP contribution in [0.1, 0.15) is 38.8 Å². The van der Waals surface area contributed by atoms with E-state index in [4.69, 9.17) is 5.73 Å². The summed E-state index contributed by atoms with van der Waals surface area (Å²) in [5.74, 6) is -1.82. The van der Waals surface area contributed by atoms with E-state index in [0.717, 1.165) is 0 Å². The molecule has 0 fully saturated rings. The highest BCUT2D eigenvalue weighted by Gasteiger charge is 2.27. The summed E-state index contributed by atoms with van der Waals surface area (Å²) in [5.41, 5.74) is 5.12. The molecule has 0 aliphatic rings. The zero-order chi connectivity index (χ0) is 18.5. The van der Waals surface area contributed by atoms with Gasteiger partial charge in [-0.15, -0.1) is 0 Å². The predicted octanol–water partition coefficient (Wildman–Crippen LogP) is 1.36. The molecule has 6 nitrogen and oxygen atoms in total. The Bertz CT molecular complexity index is 626. The van der Waals surface area contributed by atoms with Gasteiger partial charge in [-0.05, 0) is 17.7 Å². The number of hydrogen-bond donors (Lipinski definition) is 2. The molecule has 24 heavy (non-hydrogen) atoms. The molecule has 1 atom stereocenters. The summed E-state index contributed by atoms with van der Waals surface area (Å²) in [6.45, 7) is 5.45. The molecule has 0 aromatic heterocycles. The van der Waals surface area contributed by atoms with Gasteiger partial charge in [0.05, 0.1) is 0 Å². The van der Waals surface area contributed by atoms with Crippen molar-refractivity contribution < 1.29 is 18.8 Å².